The zero-order valence-corrected chi connectivity index (χ0v) is 19.7. The monoisotopic (exact) mass is 467 g/mol. The van der Waals surface area contributed by atoms with Gasteiger partial charge in [-0.2, -0.15) is 0 Å². The first-order chi connectivity index (χ1) is 17.0. The fourth-order valence-corrected chi connectivity index (χ4v) is 4.49. The van der Waals surface area contributed by atoms with E-state index in [1.54, 1.807) is 36.4 Å². The van der Waals surface area contributed by atoms with E-state index in [1.807, 2.05) is 41.3 Å². The normalized spacial score (nSPS) is 15.7. The van der Waals surface area contributed by atoms with E-state index in [0.29, 0.717) is 28.3 Å². The van der Waals surface area contributed by atoms with E-state index in [1.165, 1.54) is 0 Å². The van der Waals surface area contributed by atoms with Crippen LogP contribution >= 0.6 is 0 Å². The molecule has 178 valence electrons. The second-order valence-electron chi connectivity index (χ2n) is 9.38. The average molecular weight is 468 g/mol. The Hall–Kier alpha value is -3.93. The SMILES string of the molecule is Nc1ccc(C(=O)c2ccc(CC(=O)c3ccc(N4CCN(C(=O)C5CC5)CC4)cc3)cc2)cc1. The second kappa shape index (κ2) is 9.74. The summed E-state index contributed by atoms with van der Waals surface area (Å²) in [6.07, 6.45) is 2.36. The maximum absolute atomic E-state index is 12.8. The molecule has 1 heterocycles. The van der Waals surface area contributed by atoms with Gasteiger partial charge in [0.1, 0.15) is 0 Å². The highest BCUT2D eigenvalue weighted by atomic mass is 16.2. The van der Waals surface area contributed by atoms with Crippen LogP contribution in [0.15, 0.2) is 72.8 Å². The van der Waals surface area contributed by atoms with Gasteiger partial charge in [0, 0.05) is 66.6 Å². The van der Waals surface area contributed by atoms with Crippen LogP contribution in [0, 0.1) is 5.92 Å². The minimum Gasteiger partial charge on any atom is -0.399 e. The Bertz CT molecular complexity index is 1220. The lowest BCUT2D eigenvalue weighted by molar-refractivity contribution is -0.132. The van der Waals surface area contributed by atoms with Crippen LogP contribution in [-0.4, -0.2) is 48.6 Å². The third-order valence-electron chi connectivity index (χ3n) is 6.83. The lowest BCUT2D eigenvalue weighted by Gasteiger charge is -2.36. The Kier molecular flexibility index (Phi) is 6.36. The third kappa shape index (κ3) is 5.27. The molecule has 2 aliphatic rings. The zero-order valence-electron chi connectivity index (χ0n) is 19.7. The van der Waals surface area contributed by atoms with Crippen molar-refractivity contribution in [3.05, 3.63) is 95.1 Å². The third-order valence-corrected chi connectivity index (χ3v) is 6.83. The van der Waals surface area contributed by atoms with Crippen molar-refractivity contribution in [3.8, 4) is 0 Å². The molecule has 1 amide bonds. The fraction of sp³-hybridized carbons (Fsp3) is 0.276. The summed E-state index contributed by atoms with van der Waals surface area (Å²) in [4.78, 5) is 42.0. The van der Waals surface area contributed by atoms with Gasteiger partial charge < -0.3 is 15.5 Å². The first-order valence-electron chi connectivity index (χ1n) is 12.1. The number of amides is 1. The van der Waals surface area contributed by atoms with Gasteiger partial charge in [-0.3, -0.25) is 14.4 Å². The lowest BCUT2D eigenvalue weighted by Crippen LogP contribution is -2.49. The first kappa shape index (κ1) is 22.8. The van der Waals surface area contributed by atoms with Crippen LogP contribution in [-0.2, 0) is 11.2 Å². The van der Waals surface area contributed by atoms with Crippen molar-refractivity contribution in [2.45, 2.75) is 19.3 Å². The number of ketones is 2. The van der Waals surface area contributed by atoms with Crippen LogP contribution in [0.5, 0.6) is 0 Å². The van der Waals surface area contributed by atoms with Gasteiger partial charge in [-0.15, -0.1) is 0 Å². The molecule has 3 aromatic carbocycles. The highest BCUT2D eigenvalue weighted by Gasteiger charge is 2.34. The Morgan fingerprint density at radius 1 is 0.714 bits per heavy atom. The van der Waals surface area contributed by atoms with E-state index in [9.17, 15) is 14.4 Å². The predicted molar refractivity (Wildman–Crippen MR) is 137 cm³/mol. The van der Waals surface area contributed by atoms with Crippen molar-refractivity contribution >= 4 is 28.8 Å². The van der Waals surface area contributed by atoms with Crippen molar-refractivity contribution in [1.82, 2.24) is 4.90 Å². The summed E-state index contributed by atoms with van der Waals surface area (Å²) in [6, 6.07) is 21.8. The molecule has 0 radical (unpaired) electrons. The van der Waals surface area contributed by atoms with E-state index in [-0.39, 0.29) is 23.9 Å². The predicted octanol–water partition coefficient (Wildman–Crippen LogP) is 3.98. The number of piperazine rings is 1. The van der Waals surface area contributed by atoms with Gasteiger partial charge in [0.15, 0.2) is 11.6 Å². The molecule has 6 heteroatoms. The highest BCUT2D eigenvalue weighted by Crippen LogP contribution is 2.31. The van der Waals surface area contributed by atoms with Gasteiger partial charge in [0.2, 0.25) is 5.91 Å². The van der Waals surface area contributed by atoms with Gasteiger partial charge in [0.05, 0.1) is 0 Å². The number of rotatable bonds is 7. The molecule has 0 unspecified atom stereocenters. The Morgan fingerprint density at radius 3 is 1.83 bits per heavy atom. The van der Waals surface area contributed by atoms with Gasteiger partial charge in [-0.05, 0) is 66.9 Å². The summed E-state index contributed by atoms with van der Waals surface area (Å²) in [5, 5.41) is 0. The minimum atomic E-state index is -0.0730. The highest BCUT2D eigenvalue weighted by molar-refractivity contribution is 6.09. The molecule has 3 aromatic rings. The summed E-state index contributed by atoms with van der Waals surface area (Å²) in [7, 11) is 0. The molecule has 0 atom stereocenters. The molecular formula is C29H29N3O3. The molecule has 6 nitrogen and oxygen atoms in total. The van der Waals surface area contributed by atoms with Crippen LogP contribution in [0.3, 0.4) is 0 Å². The number of carbonyl (C=O) groups is 3. The molecule has 5 rings (SSSR count). The maximum Gasteiger partial charge on any atom is 0.225 e. The molecule has 0 aromatic heterocycles. The number of nitrogen functional groups attached to an aromatic ring is 1. The number of hydrogen-bond acceptors (Lipinski definition) is 5. The van der Waals surface area contributed by atoms with Gasteiger partial charge >= 0.3 is 0 Å². The molecule has 1 saturated carbocycles. The number of hydrogen-bond donors (Lipinski definition) is 1. The van der Waals surface area contributed by atoms with Crippen LogP contribution in [0.4, 0.5) is 11.4 Å². The van der Waals surface area contributed by atoms with Gasteiger partial charge in [-0.25, -0.2) is 0 Å². The molecule has 0 bridgehead atoms. The molecule has 1 saturated heterocycles. The first-order valence-corrected chi connectivity index (χ1v) is 12.1. The van der Waals surface area contributed by atoms with E-state index < -0.39 is 0 Å². The minimum absolute atomic E-state index is 0.0361. The van der Waals surface area contributed by atoms with E-state index in [4.69, 9.17) is 5.73 Å². The Balaban J connectivity index is 1.16. The van der Waals surface area contributed by atoms with Crippen LogP contribution in [0.2, 0.25) is 0 Å². The molecule has 2 fully saturated rings. The number of benzene rings is 3. The van der Waals surface area contributed by atoms with E-state index >= 15 is 0 Å². The number of anilines is 2. The van der Waals surface area contributed by atoms with Crippen molar-refractivity contribution in [2.75, 3.05) is 36.8 Å². The van der Waals surface area contributed by atoms with Crippen LogP contribution in [0.25, 0.3) is 0 Å². The Morgan fingerprint density at radius 2 is 1.26 bits per heavy atom. The number of nitrogens with two attached hydrogens (primary N) is 1. The second-order valence-corrected chi connectivity index (χ2v) is 9.38. The summed E-state index contributed by atoms with van der Waals surface area (Å²) in [5.41, 5.74) is 10.1. The van der Waals surface area contributed by atoms with Crippen molar-refractivity contribution in [3.63, 3.8) is 0 Å². The fourth-order valence-electron chi connectivity index (χ4n) is 4.49. The number of nitrogens with zero attached hydrogens (tertiary/aromatic N) is 2. The van der Waals surface area contributed by atoms with E-state index in [0.717, 1.165) is 50.3 Å². The summed E-state index contributed by atoms with van der Waals surface area (Å²) < 4.78 is 0. The molecule has 1 aliphatic carbocycles. The summed E-state index contributed by atoms with van der Waals surface area (Å²) in [5.74, 6) is 0.547. The molecule has 2 N–H and O–H groups in total. The number of carbonyl (C=O) groups excluding carboxylic acids is 3. The molecular weight excluding hydrogens is 438 g/mol. The topological polar surface area (TPSA) is 83.7 Å². The smallest absolute Gasteiger partial charge is 0.225 e. The quantitative estimate of drug-likeness (QED) is 0.420. The molecule has 35 heavy (non-hydrogen) atoms. The molecule has 1 aliphatic heterocycles. The van der Waals surface area contributed by atoms with Crippen molar-refractivity contribution in [2.24, 2.45) is 5.92 Å². The lowest BCUT2D eigenvalue weighted by atomic mass is 9.98. The van der Waals surface area contributed by atoms with Crippen LogP contribution in [0.1, 0.15) is 44.7 Å². The molecule has 0 spiro atoms. The van der Waals surface area contributed by atoms with Crippen molar-refractivity contribution < 1.29 is 14.4 Å². The zero-order chi connectivity index (χ0) is 24.4. The maximum atomic E-state index is 12.8. The van der Waals surface area contributed by atoms with Gasteiger partial charge in [0.25, 0.3) is 0 Å². The largest absolute Gasteiger partial charge is 0.399 e. The standard InChI is InChI=1S/C29H29N3O3/c30-25-11-7-23(8-12-25)28(34)22-3-1-20(2-4-22)19-27(33)21-9-13-26(14-10-21)31-15-17-32(18-16-31)29(35)24-5-6-24/h1-4,7-14,24H,5-6,15-19,30H2. The average Bonchev–Trinajstić information content (AvgIpc) is 3.75. The summed E-state index contributed by atoms with van der Waals surface area (Å²) >= 11 is 0. The summed E-state index contributed by atoms with van der Waals surface area (Å²) in [6.45, 7) is 3.14. The van der Waals surface area contributed by atoms with Gasteiger partial charge in [-0.1, -0.05) is 24.3 Å². The number of Topliss-reactive ketones (excluding diaryl/α,β-unsaturated/α-hetero) is 1. The van der Waals surface area contributed by atoms with Crippen molar-refractivity contribution in [1.29, 1.82) is 0 Å². The van der Waals surface area contributed by atoms with Crippen LogP contribution < -0.4 is 10.6 Å². The van der Waals surface area contributed by atoms with E-state index in [2.05, 4.69) is 4.90 Å². The Labute approximate surface area is 205 Å².